The summed E-state index contributed by atoms with van der Waals surface area (Å²) < 4.78 is 5.14. The van der Waals surface area contributed by atoms with E-state index in [1.807, 2.05) is 31.2 Å². The second kappa shape index (κ2) is 8.47. The molecule has 1 aliphatic rings. The molecular weight excluding hydrogens is 326 g/mol. The van der Waals surface area contributed by atoms with E-state index in [1.165, 1.54) is 5.56 Å². The van der Waals surface area contributed by atoms with Crippen molar-refractivity contribution in [2.45, 2.75) is 26.3 Å². The highest BCUT2D eigenvalue weighted by molar-refractivity contribution is 5.89. The predicted molar refractivity (Wildman–Crippen MR) is 102 cm³/mol. The maximum absolute atomic E-state index is 12.1. The fraction of sp³-hybridized carbons (Fsp3) is 0.409. The van der Waals surface area contributed by atoms with E-state index in [0.717, 1.165) is 30.8 Å². The van der Waals surface area contributed by atoms with Gasteiger partial charge in [-0.1, -0.05) is 36.4 Å². The molecule has 1 heterocycles. The normalized spacial score (nSPS) is 20.3. The average molecular weight is 353 g/mol. The monoisotopic (exact) mass is 353 g/mol. The van der Waals surface area contributed by atoms with Crippen LogP contribution in [0, 0.1) is 12.8 Å². The summed E-state index contributed by atoms with van der Waals surface area (Å²) in [4.78, 5) is 14.5. The summed E-state index contributed by atoms with van der Waals surface area (Å²) in [5, 5.41) is 9.92. The van der Waals surface area contributed by atoms with Crippen molar-refractivity contribution in [2.24, 2.45) is 5.92 Å². The number of likely N-dealkylation sites (tertiary alicyclic amines) is 1. The first-order chi connectivity index (χ1) is 12.6. The van der Waals surface area contributed by atoms with E-state index in [0.29, 0.717) is 12.2 Å². The molecule has 1 aliphatic heterocycles. The molecule has 0 unspecified atom stereocenters. The van der Waals surface area contributed by atoms with Crippen LogP contribution < -0.4 is 0 Å². The Morgan fingerprint density at radius 1 is 1.19 bits per heavy atom. The van der Waals surface area contributed by atoms with Crippen molar-refractivity contribution >= 4 is 5.97 Å². The minimum atomic E-state index is -0.284. The molecule has 2 atom stereocenters. The van der Waals surface area contributed by atoms with Gasteiger partial charge in [0, 0.05) is 38.1 Å². The minimum Gasteiger partial charge on any atom is -0.462 e. The smallest absolute Gasteiger partial charge is 0.338 e. The van der Waals surface area contributed by atoms with Gasteiger partial charge in [-0.25, -0.2) is 4.79 Å². The first-order valence-corrected chi connectivity index (χ1v) is 9.27. The van der Waals surface area contributed by atoms with Crippen molar-refractivity contribution in [3.63, 3.8) is 0 Å². The van der Waals surface area contributed by atoms with E-state index in [4.69, 9.17) is 4.74 Å². The third kappa shape index (κ3) is 4.14. The Balaban J connectivity index is 1.81. The third-order valence-electron chi connectivity index (χ3n) is 5.19. The Bertz CT molecular complexity index is 744. The van der Waals surface area contributed by atoms with Gasteiger partial charge in [0.05, 0.1) is 12.2 Å². The maximum Gasteiger partial charge on any atom is 0.338 e. The number of rotatable bonds is 6. The fourth-order valence-electron chi connectivity index (χ4n) is 3.85. The highest BCUT2D eigenvalue weighted by Crippen LogP contribution is 2.35. The zero-order valence-corrected chi connectivity index (χ0v) is 15.5. The van der Waals surface area contributed by atoms with Crippen LogP contribution in [-0.4, -0.2) is 42.3 Å². The highest BCUT2D eigenvalue weighted by Gasteiger charge is 2.34. The summed E-state index contributed by atoms with van der Waals surface area (Å²) in [7, 11) is 0. The van der Waals surface area contributed by atoms with Gasteiger partial charge in [0.15, 0.2) is 0 Å². The van der Waals surface area contributed by atoms with Gasteiger partial charge in [-0.3, -0.25) is 4.90 Å². The van der Waals surface area contributed by atoms with Gasteiger partial charge in [-0.15, -0.1) is 0 Å². The summed E-state index contributed by atoms with van der Waals surface area (Å²) in [6.45, 7) is 7.03. The van der Waals surface area contributed by atoms with E-state index < -0.39 is 0 Å². The molecule has 138 valence electrons. The first-order valence-electron chi connectivity index (χ1n) is 9.27. The number of ether oxygens (including phenoxy) is 1. The Hall–Kier alpha value is -2.17. The largest absolute Gasteiger partial charge is 0.462 e. The molecule has 1 fully saturated rings. The zero-order valence-electron chi connectivity index (χ0n) is 15.5. The maximum atomic E-state index is 12.1. The second-order valence-corrected chi connectivity index (χ2v) is 7.02. The molecule has 0 saturated carbocycles. The van der Waals surface area contributed by atoms with Crippen molar-refractivity contribution in [3.8, 4) is 0 Å². The van der Waals surface area contributed by atoms with Crippen molar-refractivity contribution in [3.05, 3.63) is 70.8 Å². The van der Waals surface area contributed by atoms with Crippen LogP contribution in [0.2, 0.25) is 0 Å². The molecule has 0 aliphatic carbocycles. The summed E-state index contributed by atoms with van der Waals surface area (Å²) in [6.07, 6.45) is 0. The molecule has 0 spiro atoms. The molecule has 3 rings (SSSR count). The molecule has 4 nitrogen and oxygen atoms in total. The Kier molecular flexibility index (Phi) is 6.07. The predicted octanol–water partition coefficient (Wildman–Crippen LogP) is 3.38. The number of aryl methyl sites for hydroxylation is 1. The lowest BCUT2D eigenvalue weighted by Gasteiger charge is -2.20. The van der Waals surface area contributed by atoms with Gasteiger partial charge in [0.1, 0.15) is 0 Å². The fourth-order valence-corrected chi connectivity index (χ4v) is 3.85. The Labute approximate surface area is 155 Å². The third-order valence-corrected chi connectivity index (χ3v) is 5.19. The van der Waals surface area contributed by atoms with Crippen molar-refractivity contribution < 1.29 is 14.6 Å². The molecule has 26 heavy (non-hydrogen) atoms. The lowest BCUT2D eigenvalue weighted by atomic mass is 9.86. The number of aliphatic hydroxyl groups is 1. The molecule has 0 aromatic heterocycles. The van der Waals surface area contributed by atoms with Crippen LogP contribution in [0.3, 0.4) is 0 Å². The number of carbonyl (C=O) groups excluding carboxylic acids is 1. The summed E-state index contributed by atoms with van der Waals surface area (Å²) >= 11 is 0. The molecule has 0 bridgehead atoms. The number of benzene rings is 2. The van der Waals surface area contributed by atoms with Gasteiger partial charge in [-0.05, 0) is 42.7 Å². The lowest BCUT2D eigenvalue weighted by molar-refractivity contribution is 0.0526. The van der Waals surface area contributed by atoms with E-state index in [1.54, 1.807) is 0 Å². The van der Waals surface area contributed by atoms with Crippen LogP contribution in [0.25, 0.3) is 0 Å². The highest BCUT2D eigenvalue weighted by atomic mass is 16.5. The number of hydrogen-bond donors (Lipinski definition) is 1. The molecular formula is C22H27NO3. The van der Waals surface area contributed by atoms with E-state index in [9.17, 15) is 9.90 Å². The van der Waals surface area contributed by atoms with Gasteiger partial charge < -0.3 is 9.84 Å². The summed E-state index contributed by atoms with van der Waals surface area (Å²) in [5.74, 6) is 0.112. The summed E-state index contributed by atoms with van der Waals surface area (Å²) in [5.41, 5.74) is 4.17. The average Bonchev–Trinajstić information content (AvgIpc) is 3.05. The molecule has 1 N–H and O–H groups in total. The van der Waals surface area contributed by atoms with Crippen LogP contribution >= 0.6 is 0 Å². The van der Waals surface area contributed by atoms with Gasteiger partial charge in [0.2, 0.25) is 0 Å². The lowest BCUT2D eigenvalue weighted by Crippen LogP contribution is -2.20. The quantitative estimate of drug-likeness (QED) is 0.809. The molecule has 2 aromatic carbocycles. The number of carbonyl (C=O) groups is 1. The van der Waals surface area contributed by atoms with Gasteiger partial charge in [-0.2, -0.15) is 0 Å². The standard InChI is InChI=1S/C22H27NO3/c1-3-26-22(25)18-10-9-16(2)20(11-18)21-14-23(13-19(21)15-24)12-17-7-5-4-6-8-17/h4-11,19,21,24H,3,12-15H2,1-2H3/t19-,21+/m0/s1. The second-order valence-electron chi connectivity index (χ2n) is 7.02. The van der Waals surface area contributed by atoms with Crippen molar-refractivity contribution in [1.29, 1.82) is 0 Å². The Morgan fingerprint density at radius 2 is 1.96 bits per heavy atom. The number of hydrogen-bond acceptors (Lipinski definition) is 4. The molecule has 0 amide bonds. The molecule has 4 heteroatoms. The van der Waals surface area contributed by atoms with Crippen LogP contribution in [-0.2, 0) is 11.3 Å². The minimum absolute atomic E-state index is 0.152. The SMILES string of the molecule is CCOC(=O)c1ccc(C)c([C@@H]2CN(Cc3ccccc3)C[C@H]2CO)c1. The van der Waals surface area contributed by atoms with Crippen LogP contribution in [0.4, 0.5) is 0 Å². The number of nitrogens with zero attached hydrogens (tertiary/aromatic N) is 1. The number of aliphatic hydroxyl groups excluding tert-OH is 1. The zero-order chi connectivity index (χ0) is 18.5. The summed E-state index contributed by atoms with van der Waals surface area (Å²) in [6, 6.07) is 16.2. The van der Waals surface area contributed by atoms with Gasteiger partial charge >= 0.3 is 5.97 Å². The topological polar surface area (TPSA) is 49.8 Å². The molecule has 2 aromatic rings. The molecule has 0 radical (unpaired) electrons. The van der Waals surface area contributed by atoms with Crippen LogP contribution in [0.15, 0.2) is 48.5 Å². The van der Waals surface area contributed by atoms with Gasteiger partial charge in [0.25, 0.3) is 0 Å². The van der Waals surface area contributed by atoms with Crippen molar-refractivity contribution in [1.82, 2.24) is 4.90 Å². The Morgan fingerprint density at radius 3 is 2.65 bits per heavy atom. The van der Waals surface area contributed by atoms with E-state index in [-0.39, 0.29) is 24.4 Å². The first kappa shape index (κ1) is 18.6. The van der Waals surface area contributed by atoms with E-state index in [2.05, 4.69) is 36.1 Å². The number of esters is 1. The van der Waals surface area contributed by atoms with E-state index >= 15 is 0 Å². The van der Waals surface area contributed by atoms with Crippen LogP contribution in [0.5, 0.6) is 0 Å². The molecule has 1 saturated heterocycles. The van der Waals surface area contributed by atoms with Crippen molar-refractivity contribution in [2.75, 3.05) is 26.3 Å². The van der Waals surface area contributed by atoms with Crippen LogP contribution in [0.1, 0.15) is 39.9 Å².